The molecule has 8 heteroatoms. The number of piperidine rings is 1. The summed E-state index contributed by atoms with van der Waals surface area (Å²) in [5.74, 6) is 0.0605. The van der Waals surface area contributed by atoms with Crippen molar-refractivity contribution in [3.8, 4) is 0 Å². The fraction of sp³-hybridized carbons (Fsp3) is 0.476. The summed E-state index contributed by atoms with van der Waals surface area (Å²) >= 11 is 0. The van der Waals surface area contributed by atoms with Crippen molar-refractivity contribution in [1.82, 2.24) is 24.9 Å². The van der Waals surface area contributed by atoms with Gasteiger partial charge in [-0.2, -0.15) is 5.10 Å². The van der Waals surface area contributed by atoms with Gasteiger partial charge in [-0.05, 0) is 43.5 Å². The number of benzene rings is 1. The van der Waals surface area contributed by atoms with Gasteiger partial charge in [0.1, 0.15) is 0 Å². The van der Waals surface area contributed by atoms with E-state index in [4.69, 9.17) is 0 Å². The van der Waals surface area contributed by atoms with Gasteiger partial charge < -0.3 is 20.4 Å². The van der Waals surface area contributed by atoms with Gasteiger partial charge in [0.05, 0.1) is 6.20 Å². The summed E-state index contributed by atoms with van der Waals surface area (Å²) in [4.78, 5) is 28.7. The van der Waals surface area contributed by atoms with Crippen LogP contribution in [0, 0.1) is 0 Å². The number of urea groups is 1. The number of aromatic nitrogens is 2. The zero-order valence-corrected chi connectivity index (χ0v) is 16.8. The first-order chi connectivity index (χ1) is 14.1. The molecule has 2 fully saturated rings. The summed E-state index contributed by atoms with van der Waals surface area (Å²) in [6, 6.07) is 7.90. The third-order valence-corrected chi connectivity index (χ3v) is 5.69. The summed E-state index contributed by atoms with van der Waals surface area (Å²) in [5, 5.41) is 10.4. The second-order valence-electron chi connectivity index (χ2n) is 7.76. The molecule has 0 radical (unpaired) electrons. The Kier molecular flexibility index (Phi) is 5.69. The van der Waals surface area contributed by atoms with Crippen LogP contribution in [0.15, 0.2) is 36.7 Å². The second-order valence-corrected chi connectivity index (χ2v) is 7.76. The largest absolute Gasteiger partial charge is 0.381 e. The first kappa shape index (κ1) is 19.3. The molecular weight excluding hydrogens is 368 g/mol. The highest BCUT2D eigenvalue weighted by Crippen LogP contribution is 2.21. The minimum absolute atomic E-state index is 0.0374. The Morgan fingerprint density at radius 3 is 2.62 bits per heavy atom. The maximum atomic E-state index is 12.8. The van der Waals surface area contributed by atoms with Crippen LogP contribution in [-0.2, 0) is 13.6 Å². The quantitative estimate of drug-likeness (QED) is 0.810. The monoisotopic (exact) mass is 396 g/mol. The van der Waals surface area contributed by atoms with Crippen LogP contribution >= 0.6 is 0 Å². The van der Waals surface area contributed by atoms with Crippen molar-refractivity contribution in [3.05, 3.63) is 47.8 Å². The van der Waals surface area contributed by atoms with Crippen LogP contribution in [-0.4, -0.2) is 63.7 Å². The molecule has 0 unspecified atom stereocenters. The summed E-state index contributed by atoms with van der Waals surface area (Å²) in [7, 11) is 1.90. The Hall–Kier alpha value is -3.03. The molecule has 0 aliphatic carbocycles. The molecular formula is C21H28N6O2. The number of carbonyl (C=O) groups is 2. The van der Waals surface area contributed by atoms with Crippen LogP contribution in [0.2, 0.25) is 0 Å². The van der Waals surface area contributed by atoms with Gasteiger partial charge in [-0.25, -0.2) is 4.79 Å². The highest BCUT2D eigenvalue weighted by Gasteiger charge is 2.31. The summed E-state index contributed by atoms with van der Waals surface area (Å²) < 4.78 is 1.78. The van der Waals surface area contributed by atoms with Gasteiger partial charge >= 0.3 is 6.03 Å². The van der Waals surface area contributed by atoms with Gasteiger partial charge in [0.15, 0.2) is 0 Å². The van der Waals surface area contributed by atoms with Crippen LogP contribution in [0.3, 0.4) is 0 Å². The number of aryl methyl sites for hydroxylation is 1. The third-order valence-electron chi connectivity index (χ3n) is 5.69. The second kappa shape index (κ2) is 8.55. The number of nitrogens with one attached hydrogen (secondary N) is 2. The average molecular weight is 396 g/mol. The van der Waals surface area contributed by atoms with Crippen LogP contribution in [0.4, 0.5) is 10.5 Å². The van der Waals surface area contributed by atoms with E-state index >= 15 is 0 Å². The predicted molar refractivity (Wildman–Crippen MR) is 111 cm³/mol. The molecule has 4 rings (SSSR count). The van der Waals surface area contributed by atoms with Crippen molar-refractivity contribution in [2.24, 2.45) is 7.05 Å². The van der Waals surface area contributed by atoms with E-state index in [1.165, 1.54) is 0 Å². The molecule has 0 atom stereocenters. The molecule has 2 aliphatic heterocycles. The molecule has 154 valence electrons. The van der Waals surface area contributed by atoms with Crippen LogP contribution in [0.25, 0.3) is 0 Å². The molecule has 0 saturated carbocycles. The van der Waals surface area contributed by atoms with Crippen molar-refractivity contribution < 1.29 is 9.59 Å². The van der Waals surface area contributed by atoms with E-state index in [2.05, 4.69) is 15.7 Å². The number of hydrogen-bond acceptors (Lipinski definition) is 4. The summed E-state index contributed by atoms with van der Waals surface area (Å²) in [5.41, 5.74) is 2.78. The number of hydrogen-bond donors (Lipinski definition) is 2. The van der Waals surface area contributed by atoms with Crippen molar-refractivity contribution >= 4 is 17.6 Å². The lowest BCUT2D eigenvalue weighted by atomic mass is 10.0. The molecule has 2 aliphatic rings. The van der Waals surface area contributed by atoms with Gasteiger partial charge in [0.25, 0.3) is 5.91 Å². The maximum Gasteiger partial charge on any atom is 0.317 e. The van der Waals surface area contributed by atoms with Gasteiger partial charge in [0, 0.05) is 68.8 Å². The van der Waals surface area contributed by atoms with E-state index in [1.807, 2.05) is 53.5 Å². The molecule has 2 N–H and O–H groups in total. The lowest BCUT2D eigenvalue weighted by Crippen LogP contribution is -2.54. The smallest absolute Gasteiger partial charge is 0.317 e. The zero-order valence-electron chi connectivity index (χ0n) is 16.8. The molecule has 1 aromatic heterocycles. The van der Waals surface area contributed by atoms with Gasteiger partial charge in [0.2, 0.25) is 0 Å². The van der Waals surface area contributed by atoms with Crippen LogP contribution in [0.5, 0.6) is 0 Å². The molecule has 2 aromatic rings. The molecule has 2 saturated heterocycles. The van der Waals surface area contributed by atoms with E-state index in [1.54, 1.807) is 4.68 Å². The molecule has 29 heavy (non-hydrogen) atoms. The van der Waals surface area contributed by atoms with Crippen molar-refractivity contribution in [3.63, 3.8) is 0 Å². The first-order valence-electron chi connectivity index (χ1n) is 10.3. The standard InChI is InChI=1S/C21H28N6O2/c1-25-15-16(14-24-25)13-23-18-5-3-17(4-6-18)20(28)26-11-7-19(8-12-26)27-10-2-9-22-21(27)29/h3-6,14-15,19,23H,2,7-13H2,1H3,(H,22,29). The molecule has 3 heterocycles. The zero-order chi connectivity index (χ0) is 20.2. The minimum atomic E-state index is 0.0374. The molecule has 1 aromatic carbocycles. The molecule has 0 spiro atoms. The molecule has 0 bridgehead atoms. The van der Waals surface area contributed by atoms with E-state index in [9.17, 15) is 9.59 Å². The van der Waals surface area contributed by atoms with Gasteiger partial charge in [-0.15, -0.1) is 0 Å². The summed E-state index contributed by atoms with van der Waals surface area (Å²) in [6.45, 7) is 3.65. The third kappa shape index (κ3) is 4.52. The van der Waals surface area contributed by atoms with Crippen molar-refractivity contribution in [2.75, 3.05) is 31.5 Å². The van der Waals surface area contributed by atoms with E-state index in [-0.39, 0.29) is 18.0 Å². The SMILES string of the molecule is Cn1cc(CNc2ccc(C(=O)N3CCC(N4CCCNC4=O)CC3)cc2)cn1. The highest BCUT2D eigenvalue weighted by atomic mass is 16.2. The van der Waals surface area contributed by atoms with Crippen LogP contribution in [0.1, 0.15) is 35.2 Å². The lowest BCUT2D eigenvalue weighted by Gasteiger charge is -2.40. The van der Waals surface area contributed by atoms with E-state index < -0.39 is 0 Å². The number of carbonyl (C=O) groups excluding carboxylic acids is 2. The van der Waals surface area contributed by atoms with E-state index in [0.717, 1.165) is 43.6 Å². The van der Waals surface area contributed by atoms with E-state index in [0.29, 0.717) is 25.2 Å². The number of nitrogens with zero attached hydrogens (tertiary/aromatic N) is 4. The molecule has 8 nitrogen and oxygen atoms in total. The number of amides is 3. The Bertz CT molecular complexity index is 854. The van der Waals surface area contributed by atoms with Gasteiger partial charge in [-0.3, -0.25) is 9.48 Å². The normalized spacial score (nSPS) is 17.9. The number of rotatable bonds is 5. The Morgan fingerprint density at radius 1 is 1.21 bits per heavy atom. The fourth-order valence-electron chi connectivity index (χ4n) is 4.06. The first-order valence-corrected chi connectivity index (χ1v) is 10.3. The highest BCUT2D eigenvalue weighted by molar-refractivity contribution is 5.94. The Balaban J connectivity index is 1.29. The summed E-state index contributed by atoms with van der Waals surface area (Å²) in [6.07, 6.45) is 6.48. The predicted octanol–water partition coefficient (Wildman–Crippen LogP) is 2.05. The lowest BCUT2D eigenvalue weighted by molar-refractivity contribution is 0.0642. The van der Waals surface area contributed by atoms with Gasteiger partial charge in [-0.1, -0.05) is 0 Å². The average Bonchev–Trinajstić information content (AvgIpc) is 3.18. The number of anilines is 1. The Labute approximate surface area is 170 Å². The molecule has 3 amide bonds. The van der Waals surface area contributed by atoms with Crippen molar-refractivity contribution in [2.45, 2.75) is 31.8 Å². The minimum Gasteiger partial charge on any atom is -0.381 e. The maximum absolute atomic E-state index is 12.8. The van der Waals surface area contributed by atoms with Crippen LogP contribution < -0.4 is 10.6 Å². The fourth-order valence-corrected chi connectivity index (χ4v) is 4.06. The topological polar surface area (TPSA) is 82.5 Å². The van der Waals surface area contributed by atoms with Crippen molar-refractivity contribution in [1.29, 1.82) is 0 Å². The Morgan fingerprint density at radius 2 is 1.97 bits per heavy atom. The number of likely N-dealkylation sites (tertiary alicyclic amines) is 1.